The largest absolute Gasteiger partial charge is 0.497 e. The van der Waals surface area contributed by atoms with Gasteiger partial charge in [-0.3, -0.25) is 4.79 Å². The monoisotopic (exact) mass is 456 g/mol. The predicted molar refractivity (Wildman–Crippen MR) is 136 cm³/mol. The van der Waals surface area contributed by atoms with Crippen LogP contribution in [0.5, 0.6) is 5.75 Å². The fourth-order valence-electron chi connectivity index (χ4n) is 3.82. The molecular weight excluding hydrogens is 428 g/mol. The highest BCUT2D eigenvalue weighted by molar-refractivity contribution is 7.98. The first kappa shape index (κ1) is 22.7. The summed E-state index contributed by atoms with van der Waals surface area (Å²) in [5, 5.41) is 3.03. The highest BCUT2D eigenvalue weighted by Gasteiger charge is 2.14. The molecule has 1 N–H and O–H groups in total. The molecule has 0 aliphatic carbocycles. The van der Waals surface area contributed by atoms with Gasteiger partial charge in [0.1, 0.15) is 5.75 Å². The third-order valence-corrected chi connectivity index (χ3v) is 6.36. The van der Waals surface area contributed by atoms with E-state index in [1.807, 2.05) is 42.5 Å². The number of thioether (sulfide) groups is 1. The number of nitrogens with one attached hydrogen (secondary N) is 1. The SMILES string of the molecule is COc1ccc(-c2ccc(CCC(=O)NCc3ccccc3)n2-c2ccc(SC)cc2)cc1. The molecule has 1 amide bonds. The number of rotatable bonds is 9. The van der Waals surface area contributed by atoms with Gasteiger partial charge in [0.05, 0.1) is 12.8 Å². The van der Waals surface area contributed by atoms with Gasteiger partial charge in [0.15, 0.2) is 0 Å². The van der Waals surface area contributed by atoms with E-state index in [0.717, 1.165) is 34.0 Å². The molecule has 5 heteroatoms. The van der Waals surface area contributed by atoms with Crippen molar-refractivity contribution in [1.82, 2.24) is 9.88 Å². The molecule has 3 aromatic carbocycles. The lowest BCUT2D eigenvalue weighted by molar-refractivity contribution is -0.121. The van der Waals surface area contributed by atoms with Crippen molar-refractivity contribution in [3.8, 4) is 22.7 Å². The van der Waals surface area contributed by atoms with Gasteiger partial charge in [-0.15, -0.1) is 11.8 Å². The quantitative estimate of drug-likeness (QED) is 0.308. The van der Waals surface area contributed by atoms with Gasteiger partial charge in [0.25, 0.3) is 0 Å². The molecule has 0 spiro atoms. The minimum atomic E-state index is 0.0512. The Hall–Kier alpha value is -3.44. The summed E-state index contributed by atoms with van der Waals surface area (Å²) < 4.78 is 7.56. The Labute approximate surface area is 199 Å². The first-order chi connectivity index (χ1) is 16.2. The summed E-state index contributed by atoms with van der Waals surface area (Å²) in [5.41, 5.74) is 5.49. The maximum Gasteiger partial charge on any atom is 0.220 e. The van der Waals surface area contributed by atoms with Gasteiger partial charge in [0, 0.05) is 29.2 Å². The molecule has 0 saturated carbocycles. The van der Waals surface area contributed by atoms with E-state index < -0.39 is 0 Å². The molecule has 0 radical (unpaired) electrons. The lowest BCUT2D eigenvalue weighted by Gasteiger charge is -2.15. The zero-order valence-corrected chi connectivity index (χ0v) is 19.8. The minimum absolute atomic E-state index is 0.0512. The van der Waals surface area contributed by atoms with Crippen molar-refractivity contribution in [3.05, 3.63) is 102 Å². The third kappa shape index (κ3) is 5.68. The molecule has 0 saturated heterocycles. The molecule has 33 heavy (non-hydrogen) atoms. The molecule has 4 rings (SSSR count). The van der Waals surface area contributed by atoms with E-state index in [1.165, 1.54) is 4.90 Å². The van der Waals surface area contributed by atoms with Crippen LogP contribution in [0.4, 0.5) is 0 Å². The van der Waals surface area contributed by atoms with Crippen LogP contribution in [0, 0.1) is 0 Å². The number of carbonyl (C=O) groups is 1. The predicted octanol–water partition coefficient (Wildman–Crippen LogP) is 6.12. The zero-order valence-electron chi connectivity index (χ0n) is 19.0. The molecule has 4 aromatic rings. The first-order valence-corrected chi connectivity index (χ1v) is 12.2. The average Bonchev–Trinajstić information content (AvgIpc) is 3.31. The van der Waals surface area contributed by atoms with E-state index in [4.69, 9.17) is 4.74 Å². The van der Waals surface area contributed by atoms with Crippen LogP contribution >= 0.6 is 11.8 Å². The number of methoxy groups -OCH3 is 1. The second kappa shape index (κ2) is 10.9. The molecule has 0 aliphatic heterocycles. The van der Waals surface area contributed by atoms with Gasteiger partial charge in [-0.25, -0.2) is 0 Å². The van der Waals surface area contributed by atoms with Gasteiger partial charge in [-0.05, 0) is 84.5 Å². The molecule has 0 bridgehead atoms. The lowest BCUT2D eigenvalue weighted by Crippen LogP contribution is -2.23. The Morgan fingerprint density at radius 1 is 0.909 bits per heavy atom. The molecule has 168 valence electrons. The van der Waals surface area contributed by atoms with E-state index in [9.17, 15) is 4.79 Å². The summed E-state index contributed by atoms with van der Waals surface area (Å²) in [6.45, 7) is 0.550. The highest BCUT2D eigenvalue weighted by atomic mass is 32.2. The Kier molecular flexibility index (Phi) is 7.53. The van der Waals surface area contributed by atoms with E-state index >= 15 is 0 Å². The van der Waals surface area contributed by atoms with E-state index in [-0.39, 0.29) is 5.91 Å². The minimum Gasteiger partial charge on any atom is -0.497 e. The second-order valence-corrected chi connectivity index (χ2v) is 8.61. The van der Waals surface area contributed by atoms with Gasteiger partial charge < -0.3 is 14.6 Å². The van der Waals surface area contributed by atoms with Crippen LogP contribution in [0.15, 0.2) is 95.9 Å². The number of aryl methyl sites for hydroxylation is 1. The van der Waals surface area contributed by atoms with Crippen molar-refractivity contribution in [2.24, 2.45) is 0 Å². The van der Waals surface area contributed by atoms with Crippen molar-refractivity contribution < 1.29 is 9.53 Å². The number of amides is 1. The van der Waals surface area contributed by atoms with Gasteiger partial charge >= 0.3 is 0 Å². The number of ether oxygens (including phenoxy) is 1. The van der Waals surface area contributed by atoms with Crippen molar-refractivity contribution in [1.29, 1.82) is 0 Å². The number of benzene rings is 3. The molecule has 0 aliphatic rings. The fourth-order valence-corrected chi connectivity index (χ4v) is 4.23. The molecule has 0 atom stereocenters. The smallest absolute Gasteiger partial charge is 0.220 e. The van der Waals surface area contributed by atoms with Gasteiger partial charge in [-0.2, -0.15) is 0 Å². The fraction of sp³-hybridized carbons (Fsp3) is 0.179. The maximum atomic E-state index is 12.5. The molecule has 4 nitrogen and oxygen atoms in total. The maximum absolute atomic E-state index is 12.5. The standard InChI is InChI=1S/C28H28N2O2S/c1-32-25-14-8-22(9-15-25)27-18-12-24(30(27)23-10-16-26(33-2)17-11-23)13-19-28(31)29-20-21-6-4-3-5-7-21/h3-12,14-18H,13,19-20H2,1-2H3,(H,29,31). The van der Waals surface area contributed by atoms with Crippen LogP contribution in [0.25, 0.3) is 16.9 Å². The van der Waals surface area contributed by atoms with E-state index in [1.54, 1.807) is 18.9 Å². The number of nitrogens with zero attached hydrogens (tertiary/aromatic N) is 1. The van der Waals surface area contributed by atoms with Crippen LogP contribution in [0.1, 0.15) is 17.7 Å². The number of aromatic nitrogens is 1. The van der Waals surface area contributed by atoms with Gasteiger partial charge in [-0.1, -0.05) is 30.3 Å². The van der Waals surface area contributed by atoms with Crippen LogP contribution in [-0.2, 0) is 17.8 Å². The van der Waals surface area contributed by atoms with Crippen LogP contribution in [0.3, 0.4) is 0 Å². The average molecular weight is 457 g/mol. The van der Waals surface area contributed by atoms with Crippen LogP contribution in [-0.4, -0.2) is 23.8 Å². The third-order valence-electron chi connectivity index (χ3n) is 5.62. The summed E-state index contributed by atoms with van der Waals surface area (Å²) in [4.78, 5) is 13.8. The highest BCUT2D eigenvalue weighted by Crippen LogP contribution is 2.29. The summed E-state index contributed by atoms with van der Waals surface area (Å²) in [5.74, 6) is 0.881. The van der Waals surface area contributed by atoms with Gasteiger partial charge in [0.2, 0.25) is 5.91 Å². The Balaban J connectivity index is 1.56. The molecule has 1 heterocycles. The van der Waals surface area contributed by atoms with E-state index in [2.05, 4.69) is 64.7 Å². The molecule has 0 unspecified atom stereocenters. The second-order valence-electron chi connectivity index (χ2n) is 7.73. The first-order valence-electron chi connectivity index (χ1n) is 11.0. The summed E-state index contributed by atoms with van der Waals surface area (Å²) in [6, 6.07) is 30.8. The van der Waals surface area contributed by atoms with E-state index in [0.29, 0.717) is 19.4 Å². The summed E-state index contributed by atoms with van der Waals surface area (Å²) in [7, 11) is 1.67. The van der Waals surface area contributed by atoms with Crippen molar-refractivity contribution >= 4 is 17.7 Å². The Morgan fingerprint density at radius 2 is 1.64 bits per heavy atom. The molecule has 1 aromatic heterocycles. The molecular formula is C28H28N2O2S. The Morgan fingerprint density at radius 3 is 2.30 bits per heavy atom. The number of carbonyl (C=O) groups excluding carboxylic acids is 1. The summed E-state index contributed by atoms with van der Waals surface area (Å²) >= 11 is 1.73. The normalized spacial score (nSPS) is 10.7. The van der Waals surface area contributed by atoms with Crippen molar-refractivity contribution in [3.63, 3.8) is 0 Å². The number of hydrogen-bond donors (Lipinski definition) is 1. The number of hydrogen-bond acceptors (Lipinski definition) is 3. The van der Waals surface area contributed by atoms with Crippen molar-refractivity contribution in [2.45, 2.75) is 24.3 Å². The van der Waals surface area contributed by atoms with Crippen LogP contribution in [0.2, 0.25) is 0 Å². The topological polar surface area (TPSA) is 43.3 Å². The van der Waals surface area contributed by atoms with Crippen LogP contribution < -0.4 is 10.1 Å². The lowest BCUT2D eigenvalue weighted by atomic mass is 10.1. The zero-order chi connectivity index (χ0) is 23.0. The molecule has 0 fully saturated rings. The van der Waals surface area contributed by atoms with Crippen molar-refractivity contribution in [2.75, 3.05) is 13.4 Å². The summed E-state index contributed by atoms with van der Waals surface area (Å²) in [6.07, 6.45) is 3.16. The Bertz CT molecular complexity index is 1180.